The van der Waals surface area contributed by atoms with Crippen molar-refractivity contribution in [3.63, 3.8) is 0 Å². The minimum Gasteiger partial charge on any atom is -0.510 e. The van der Waals surface area contributed by atoms with Crippen LogP contribution in [0.3, 0.4) is 0 Å². The molecule has 2 saturated carbocycles. The molecule has 2 unspecified atom stereocenters. The number of fused-ring (bicyclic) bond motifs is 8. The minimum atomic E-state index is -0.746. The zero-order valence-electron chi connectivity index (χ0n) is 17.4. The van der Waals surface area contributed by atoms with E-state index in [2.05, 4.69) is 5.32 Å². The Kier molecular flexibility index (Phi) is 4.18. The van der Waals surface area contributed by atoms with E-state index in [1.807, 2.05) is 0 Å². The Morgan fingerprint density at radius 2 is 2.09 bits per heavy atom. The maximum Gasteiger partial charge on any atom is 0.276 e. The number of carbonyl (C=O) groups excluding carboxylic acids is 2. The van der Waals surface area contributed by atoms with Gasteiger partial charge in [0.15, 0.2) is 6.23 Å². The summed E-state index contributed by atoms with van der Waals surface area (Å²) in [5, 5.41) is 13.4. The molecule has 2 aliphatic carbocycles. The van der Waals surface area contributed by atoms with Gasteiger partial charge in [-0.2, -0.15) is 0 Å². The molecule has 6 atom stereocenters. The Labute approximate surface area is 183 Å². The van der Waals surface area contributed by atoms with E-state index in [1.54, 1.807) is 22.9 Å². The molecule has 3 heterocycles. The second kappa shape index (κ2) is 6.78. The number of halogens is 2. The molecule has 2 N–H and O–H groups in total. The third-order valence-electron chi connectivity index (χ3n) is 7.42. The Bertz CT molecular complexity index is 1100. The van der Waals surface area contributed by atoms with Gasteiger partial charge < -0.3 is 25.0 Å². The van der Waals surface area contributed by atoms with Gasteiger partial charge in [-0.1, -0.05) is 6.07 Å². The molecule has 5 aliphatic rings. The lowest BCUT2D eigenvalue weighted by molar-refractivity contribution is -0.183. The fourth-order valence-corrected chi connectivity index (χ4v) is 5.83. The first kappa shape index (κ1) is 19.7. The topological polar surface area (TPSA) is 82.1 Å². The zero-order chi connectivity index (χ0) is 22.3. The van der Waals surface area contributed by atoms with Gasteiger partial charge in [0.05, 0.1) is 18.7 Å². The molecule has 0 spiro atoms. The number of allylic oxidation sites excluding steroid dienone is 1. The van der Waals surface area contributed by atoms with Crippen LogP contribution in [0.1, 0.15) is 37.8 Å². The Balaban J connectivity index is 1.21. The molecule has 1 aromatic rings. The summed E-state index contributed by atoms with van der Waals surface area (Å²) in [5.41, 5.74) is 0.607. The van der Waals surface area contributed by atoms with Crippen LogP contribution in [0.25, 0.3) is 0 Å². The van der Waals surface area contributed by atoms with Gasteiger partial charge in [-0.05, 0) is 37.7 Å². The van der Waals surface area contributed by atoms with Crippen molar-refractivity contribution >= 4 is 11.8 Å². The molecular formula is C23H23F2N3O4. The molecule has 32 heavy (non-hydrogen) atoms. The third-order valence-corrected chi connectivity index (χ3v) is 7.42. The first-order chi connectivity index (χ1) is 15.3. The molecule has 9 heteroatoms. The van der Waals surface area contributed by atoms with Gasteiger partial charge in [-0.25, -0.2) is 8.78 Å². The summed E-state index contributed by atoms with van der Waals surface area (Å²) in [6.45, 7) is 1.94. The van der Waals surface area contributed by atoms with Crippen molar-refractivity contribution in [3.05, 3.63) is 58.6 Å². The number of aliphatic hydroxyl groups is 1. The third kappa shape index (κ3) is 2.87. The Morgan fingerprint density at radius 1 is 1.28 bits per heavy atom. The molecular weight excluding hydrogens is 420 g/mol. The number of nitrogens with one attached hydrogen (secondary N) is 1. The van der Waals surface area contributed by atoms with Crippen molar-refractivity contribution in [1.82, 2.24) is 15.1 Å². The maximum atomic E-state index is 14.1. The highest BCUT2D eigenvalue weighted by molar-refractivity contribution is 5.98. The van der Waals surface area contributed by atoms with Crippen LogP contribution in [0, 0.1) is 23.5 Å². The zero-order valence-corrected chi connectivity index (χ0v) is 17.4. The SMILES string of the molecule is C[C@@H](NC(=O)C1=CN2C[C@@H]3OC4CC([C@H]5C[C@@H]45)N3C(=O)C2=C(O)C1)c1ccc(F)cc1F. The maximum absolute atomic E-state index is 14.1. The molecule has 1 aromatic carbocycles. The van der Waals surface area contributed by atoms with E-state index in [0.29, 0.717) is 18.4 Å². The van der Waals surface area contributed by atoms with Crippen LogP contribution >= 0.6 is 0 Å². The van der Waals surface area contributed by atoms with Crippen LogP contribution in [-0.4, -0.2) is 51.6 Å². The summed E-state index contributed by atoms with van der Waals surface area (Å²) in [5.74, 6) is -1.32. The number of rotatable bonds is 3. The average Bonchev–Trinajstić information content (AvgIpc) is 3.48. The van der Waals surface area contributed by atoms with E-state index < -0.39 is 29.8 Å². The van der Waals surface area contributed by atoms with Crippen molar-refractivity contribution in [2.24, 2.45) is 11.8 Å². The molecule has 0 aromatic heterocycles. The molecule has 4 fully saturated rings. The number of nitrogens with zero attached hydrogens (tertiary/aromatic N) is 2. The Morgan fingerprint density at radius 3 is 2.88 bits per heavy atom. The van der Waals surface area contributed by atoms with Crippen molar-refractivity contribution in [2.75, 3.05) is 6.54 Å². The largest absolute Gasteiger partial charge is 0.510 e. The molecule has 3 aliphatic heterocycles. The Hall–Kier alpha value is -2.94. The van der Waals surface area contributed by atoms with Crippen LogP contribution in [0.4, 0.5) is 8.78 Å². The van der Waals surface area contributed by atoms with E-state index >= 15 is 0 Å². The highest BCUT2D eigenvalue weighted by Gasteiger charge is 2.63. The molecule has 2 saturated heterocycles. The first-order valence-corrected chi connectivity index (χ1v) is 10.9. The van der Waals surface area contributed by atoms with Crippen molar-refractivity contribution in [3.8, 4) is 0 Å². The fourth-order valence-electron chi connectivity index (χ4n) is 5.83. The summed E-state index contributed by atoms with van der Waals surface area (Å²) < 4.78 is 33.4. The summed E-state index contributed by atoms with van der Waals surface area (Å²) in [4.78, 5) is 29.5. The number of benzene rings is 1. The van der Waals surface area contributed by atoms with Gasteiger partial charge in [-0.15, -0.1) is 0 Å². The predicted molar refractivity (Wildman–Crippen MR) is 107 cm³/mol. The number of hydrogen-bond acceptors (Lipinski definition) is 5. The van der Waals surface area contributed by atoms with Gasteiger partial charge in [-0.3, -0.25) is 9.59 Å². The summed E-state index contributed by atoms with van der Waals surface area (Å²) in [6.07, 6.45) is 3.20. The fraction of sp³-hybridized carbons (Fsp3) is 0.478. The lowest BCUT2D eigenvalue weighted by Gasteiger charge is -2.49. The monoisotopic (exact) mass is 443 g/mol. The highest BCUT2D eigenvalue weighted by atomic mass is 19.1. The van der Waals surface area contributed by atoms with Gasteiger partial charge in [0.2, 0.25) is 5.91 Å². The quantitative estimate of drug-likeness (QED) is 0.750. The van der Waals surface area contributed by atoms with E-state index in [4.69, 9.17) is 4.74 Å². The second-order valence-corrected chi connectivity index (χ2v) is 9.35. The lowest BCUT2D eigenvalue weighted by Crippen LogP contribution is -2.62. The van der Waals surface area contributed by atoms with E-state index in [1.165, 1.54) is 6.07 Å². The van der Waals surface area contributed by atoms with E-state index in [0.717, 1.165) is 25.0 Å². The molecule has 2 amide bonds. The number of piperazine rings is 1. The minimum absolute atomic E-state index is 0.0965. The number of aliphatic hydroxyl groups excluding tert-OH is 1. The van der Waals surface area contributed by atoms with E-state index in [9.17, 15) is 23.5 Å². The van der Waals surface area contributed by atoms with Crippen LogP contribution in [0.2, 0.25) is 0 Å². The number of ether oxygens (including phenoxy) is 1. The van der Waals surface area contributed by atoms with Gasteiger partial charge in [0, 0.05) is 35.9 Å². The summed E-state index contributed by atoms with van der Waals surface area (Å²) in [7, 11) is 0. The molecule has 6 rings (SSSR count). The number of carbonyl (C=O) groups is 2. The van der Waals surface area contributed by atoms with Gasteiger partial charge in [0.1, 0.15) is 23.1 Å². The van der Waals surface area contributed by atoms with E-state index in [-0.39, 0.29) is 47.1 Å². The standard InChI is InChI=1S/C23H23F2N3O4/c1-10(13-3-2-12(24)5-16(13)25)26-22(30)11-4-18(29)21-23(31)28-17-7-19(15-6-14(15)17)32-20(28)9-27(21)8-11/h2-3,5,8,10,14-15,17,19-20,29H,4,6-7,9H2,1H3,(H,26,30)/t10-,14+,15-,17?,19?,20+/m1/s1. The van der Waals surface area contributed by atoms with Gasteiger partial charge >= 0.3 is 0 Å². The first-order valence-electron chi connectivity index (χ1n) is 10.9. The van der Waals surface area contributed by atoms with Gasteiger partial charge in [0.25, 0.3) is 5.91 Å². The van der Waals surface area contributed by atoms with Crippen molar-refractivity contribution in [1.29, 1.82) is 0 Å². The summed E-state index contributed by atoms with van der Waals surface area (Å²) >= 11 is 0. The van der Waals surface area contributed by atoms with Crippen LogP contribution in [0.15, 0.2) is 41.4 Å². The predicted octanol–water partition coefficient (Wildman–Crippen LogP) is 2.48. The molecule has 2 bridgehead atoms. The van der Waals surface area contributed by atoms with Crippen molar-refractivity contribution < 1.29 is 28.2 Å². The smallest absolute Gasteiger partial charge is 0.276 e. The summed E-state index contributed by atoms with van der Waals surface area (Å²) in [6, 6.07) is 2.65. The normalized spacial score (nSPS) is 33.3. The van der Waals surface area contributed by atoms with Crippen LogP contribution < -0.4 is 5.32 Å². The highest BCUT2D eigenvalue weighted by Crippen LogP contribution is 2.58. The molecule has 7 nitrogen and oxygen atoms in total. The van der Waals surface area contributed by atoms with Crippen LogP contribution in [0.5, 0.6) is 0 Å². The number of amides is 2. The number of hydrogen-bond donors (Lipinski definition) is 2. The van der Waals surface area contributed by atoms with Crippen LogP contribution in [-0.2, 0) is 14.3 Å². The lowest BCUT2D eigenvalue weighted by atomic mass is 9.99. The average molecular weight is 443 g/mol. The second-order valence-electron chi connectivity index (χ2n) is 9.35. The molecule has 0 radical (unpaired) electrons. The molecule has 168 valence electrons. The van der Waals surface area contributed by atoms with Crippen molar-refractivity contribution in [2.45, 2.75) is 50.6 Å².